The summed E-state index contributed by atoms with van der Waals surface area (Å²) in [6.07, 6.45) is 1.47. The molecule has 1 saturated heterocycles. The van der Waals surface area contributed by atoms with Gasteiger partial charge in [0.15, 0.2) is 5.58 Å². The van der Waals surface area contributed by atoms with E-state index in [9.17, 15) is 9.90 Å². The molecule has 1 fully saturated rings. The van der Waals surface area contributed by atoms with Gasteiger partial charge in [-0.3, -0.25) is 0 Å². The predicted octanol–water partition coefficient (Wildman–Crippen LogP) is 4.24. The number of carbonyl (C=O) groups is 1. The first-order chi connectivity index (χ1) is 13.1. The maximum Gasteiger partial charge on any atom is 0.342 e. The van der Waals surface area contributed by atoms with Gasteiger partial charge in [-0.1, -0.05) is 12.1 Å². The highest BCUT2D eigenvalue weighted by molar-refractivity contribution is 9.10. The lowest BCUT2D eigenvalue weighted by atomic mass is 10.3. The molecule has 140 valence electrons. The lowest BCUT2D eigenvalue weighted by Crippen LogP contribution is -2.36. The van der Waals surface area contributed by atoms with E-state index in [0.717, 1.165) is 29.3 Å². The molecule has 9 heteroatoms. The van der Waals surface area contributed by atoms with Crippen LogP contribution in [0.2, 0.25) is 0 Å². The van der Waals surface area contributed by atoms with E-state index in [1.807, 2.05) is 18.2 Å². The molecule has 4 rings (SSSR count). The van der Waals surface area contributed by atoms with Crippen LogP contribution in [0.5, 0.6) is 0 Å². The summed E-state index contributed by atoms with van der Waals surface area (Å²) in [5.74, 6) is 0.0215. The Bertz CT molecular complexity index is 973. The van der Waals surface area contributed by atoms with Crippen molar-refractivity contribution in [2.75, 3.05) is 31.2 Å². The minimum Gasteiger partial charge on any atom is -0.477 e. The van der Waals surface area contributed by atoms with Gasteiger partial charge in [-0.2, -0.15) is 0 Å². The number of benzene rings is 1. The fourth-order valence-corrected chi connectivity index (χ4v) is 3.97. The summed E-state index contributed by atoms with van der Waals surface area (Å²) >= 11 is 4.42. The molecule has 1 aromatic carbocycles. The van der Waals surface area contributed by atoms with Gasteiger partial charge in [0.2, 0.25) is 5.88 Å². The van der Waals surface area contributed by atoms with Crippen LogP contribution in [0.3, 0.4) is 0 Å². The normalized spacial score (nSPS) is 15.4. The second kappa shape index (κ2) is 7.79. The summed E-state index contributed by atoms with van der Waals surface area (Å²) in [5.41, 5.74) is 1.29. The Balaban J connectivity index is 1.60. The number of fused-ring (bicyclic) bond motifs is 1. The van der Waals surface area contributed by atoms with Crippen molar-refractivity contribution in [3.05, 3.63) is 45.5 Å². The number of hydrogen-bond acceptors (Lipinski definition) is 7. The average molecular weight is 451 g/mol. The number of ether oxygens (including phenoxy) is 1. The van der Waals surface area contributed by atoms with E-state index in [0.29, 0.717) is 36.0 Å². The van der Waals surface area contributed by atoms with Gasteiger partial charge in [0.05, 0.1) is 17.7 Å². The number of nitrogens with zero attached hydrogens (tertiary/aromatic N) is 2. The van der Waals surface area contributed by atoms with Crippen molar-refractivity contribution in [3.8, 4) is 0 Å². The van der Waals surface area contributed by atoms with Crippen LogP contribution in [0.25, 0.3) is 17.2 Å². The number of furan rings is 1. The second-order valence-electron chi connectivity index (χ2n) is 5.76. The van der Waals surface area contributed by atoms with Crippen molar-refractivity contribution in [2.45, 2.75) is 5.22 Å². The number of hydrogen-bond donors (Lipinski definition) is 1. The molecule has 0 atom stereocenters. The molecule has 0 bridgehead atoms. The van der Waals surface area contributed by atoms with Crippen LogP contribution in [0.4, 0.5) is 5.88 Å². The van der Waals surface area contributed by atoms with Gasteiger partial charge in [0.25, 0.3) is 5.22 Å². The molecule has 1 N–H and O–H groups in total. The zero-order valence-electron chi connectivity index (χ0n) is 14.1. The summed E-state index contributed by atoms with van der Waals surface area (Å²) in [5, 5.41) is 9.82. The summed E-state index contributed by atoms with van der Waals surface area (Å²) in [4.78, 5) is 18.1. The Labute approximate surface area is 167 Å². The van der Waals surface area contributed by atoms with E-state index >= 15 is 0 Å². The van der Waals surface area contributed by atoms with Crippen molar-refractivity contribution < 1.29 is 23.5 Å². The number of carboxylic acid groups (broad SMARTS) is 1. The third kappa shape index (κ3) is 4.05. The summed E-state index contributed by atoms with van der Waals surface area (Å²) in [6.45, 7) is 2.70. The number of halogens is 1. The average Bonchev–Trinajstić information content (AvgIpc) is 3.24. The Morgan fingerprint density at radius 2 is 2.04 bits per heavy atom. The highest BCUT2D eigenvalue weighted by Gasteiger charge is 2.20. The summed E-state index contributed by atoms with van der Waals surface area (Å²) < 4.78 is 17.6. The van der Waals surface area contributed by atoms with Crippen LogP contribution < -0.4 is 4.90 Å². The van der Waals surface area contributed by atoms with Crippen molar-refractivity contribution in [2.24, 2.45) is 0 Å². The molecule has 3 aromatic rings. The number of carboxylic acids is 1. The molecule has 3 heterocycles. The fourth-order valence-electron chi connectivity index (χ4n) is 2.68. The number of morpholine rings is 1. The molecular formula is C18H15BrN2O5S. The summed E-state index contributed by atoms with van der Waals surface area (Å²) in [6, 6.07) is 9.03. The molecule has 0 amide bonds. The van der Waals surface area contributed by atoms with Crippen molar-refractivity contribution >= 4 is 56.7 Å². The number of anilines is 1. The van der Waals surface area contributed by atoms with Crippen LogP contribution >= 0.6 is 27.7 Å². The minimum absolute atomic E-state index is 0.0522. The van der Waals surface area contributed by atoms with Crippen LogP contribution in [0.1, 0.15) is 5.76 Å². The van der Waals surface area contributed by atoms with Gasteiger partial charge < -0.3 is 23.6 Å². The molecule has 2 aromatic heterocycles. The Morgan fingerprint density at radius 1 is 1.26 bits per heavy atom. The third-order valence-corrected chi connectivity index (χ3v) is 5.37. The lowest BCUT2D eigenvalue weighted by molar-refractivity contribution is -0.131. The van der Waals surface area contributed by atoms with Gasteiger partial charge >= 0.3 is 5.97 Å². The van der Waals surface area contributed by atoms with Crippen molar-refractivity contribution in [1.82, 2.24) is 4.98 Å². The molecule has 7 nitrogen and oxygen atoms in total. The first-order valence-electron chi connectivity index (χ1n) is 8.20. The first-order valence-corrected chi connectivity index (χ1v) is 9.81. The molecule has 0 unspecified atom stereocenters. The molecule has 1 aliphatic heterocycles. The minimum atomic E-state index is -1.08. The zero-order chi connectivity index (χ0) is 18.8. The topological polar surface area (TPSA) is 88.9 Å². The van der Waals surface area contributed by atoms with Gasteiger partial charge in [-0.05, 0) is 39.8 Å². The smallest absolute Gasteiger partial charge is 0.342 e. The number of aromatic nitrogens is 1. The molecular weight excluding hydrogens is 436 g/mol. The molecule has 1 aliphatic rings. The lowest BCUT2D eigenvalue weighted by Gasteiger charge is -2.26. The van der Waals surface area contributed by atoms with E-state index < -0.39 is 5.97 Å². The molecule has 0 aliphatic carbocycles. The van der Waals surface area contributed by atoms with E-state index in [-0.39, 0.29) is 10.1 Å². The number of thioether (sulfide) groups is 1. The van der Waals surface area contributed by atoms with Gasteiger partial charge in [-0.15, -0.1) is 0 Å². The predicted molar refractivity (Wildman–Crippen MR) is 105 cm³/mol. The molecule has 27 heavy (non-hydrogen) atoms. The van der Waals surface area contributed by atoms with Crippen LogP contribution in [-0.2, 0) is 9.53 Å². The second-order valence-corrected chi connectivity index (χ2v) is 7.61. The van der Waals surface area contributed by atoms with Gasteiger partial charge in [0.1, 0.15) is 16.2 Å². The van der Waals surface area contributed by atoms with Crippen LogP contribution in [0.15, 0.2) is 53.8 Å². The highest BCUT2D eigenvalue weighted by atomic mass is 79.9. The van der Waals surface area contributed by atoms with Crippen LogP contribution in [0, 0.1) is 0 Å². The highest BCUT2D eigenvalue weighted by Crippen LogP contribution is 2.35. The van der Waals surface area contributed by atoms with E-state index in [4.69, 9.17) is 13.6 Å². The van der Waals surface area contributed by atoms with Crippen molar-refractivity contribution in [1.29, 1.82) is 0 Å². The quantitative estimate of drug-likeness (QED) is 0.455. The number of para-hydroxylation sites is 2. The van der Waals surface area contributed by atoms with Crippen LogP contribution in [-0.4, -0.2) is 42.4 Å². The largest absolute Gasteiger partial charge is 0.477 e. The Hall–Kier alpha value is -2.23. The van der Waals surface area contributed by atoms with Gasteiger partial charge in [-0.25, -0.2) is 9.78 Å². The maximum absolute atomic E-state index is 11.7. The monoisotopic (exact) mass is 450 g/mol. The molecule has 0 saturated carbocycles. The van der Waals surface area contributed by atoms with E-state index in [2.05, 4.69) is 25.8 Å². The Kier molecular flexibility index (Phi) is 5.24. The van der Waals surface area contributed by atoms with E-state index in [1.54, 1.807) is 12.1 Å². The van der Waals surface area contributed by atoms with Crippen molar-refractivity contribution in [3.63, 3.8) is 0 Å². The Morgan fingerprint density at radius 3 is 2.78 bits per heavy atom. The number of oxazole rings is 1. The standard InChI is InChI=1S/C18H15BrN2O5S/c19-12-9-11(25-16(12)21-5-7-24-8-6-21)10-15(17(22)23)27-18-20-13-3-1-2-4-14(13)26-18/h1-4,9-10H,5-8H2,(H,22,23)/b15-10-. The first kappa shape index (κ1) is 18.1. The number of aliphatic carboxylic acids is 1. The van der Waals surface area contributed by atoms with E-state index in [1.165, 1.54) is 6.08 Å². The SMILES string of the molecule is O=C(O)/C(=C/c1cc(Br)c(N2CCOCC2)o1)Sc1nc2ccccc2o1. The number of rotatable bonds is 5. The fraction of sp³-hybridized carbons (Fsp3) is 0.222. The maximum atomic E-state index is 11.7. The molecule has 0 radical (unpaired) electrons. The van der Waals surface area contributed by atoms with Gasteiger partial charge in [0, 0.05) is 25.2 Å². The molecule has 0 spiro atoms. The zero-order valence-corrected chi connectivity index (χ0v) is 16.5. The third-order valence-electron chi connectivity index (χ3n) is 3.94. The summed E-state index contributed by atoms with van der Waals surface area (Å²) in [7, 11) is 0.